The molecule has 0 aliphatic carbocycles. The number of rotatable bonds is 6. The predicted octanol–water partition coefficient (Wildman–Crippen LogP) is 4.02. The maximum atomic E-state index is 13.3. The van der Waals surface area contributed by atoms with E-state index >= 15 is 0 Å². The predicted molar refractivity (Wildman–Crippen MR) is 110 cm³/mol. The van der Waals surface area contributed by atoms with Gasteiger partial charge < -0.3 is 5.73 Å². The molecule has 5 nitrogen and oxygen atoms in total. The van der Waals surface area contributed by atoms with Gasteiger partial charge in [0.1, 0.15) is 10.7 Å². The smallest absolute Gasteiger partial charge is 0.262 e. The van der Waals surface area contributed by atoms with Crippen molar-refractivity contribution in [1.29, 1.82) is 0 Å². The van der Waals surface area contributed by atoms with Crippen molar-refractivity contribution in [3.63, 3.8) is 0 Å². The number of hydrogen-bond donors (Lipinski definition) is 1. The first-order valence-electron chi connectivity index (χ1n) is 8.49. The van der Waals surface area contributed by atoms with Crippen molar-refractivity contribution < 1.29 is 4.79 Å². The van der Waals surface area contributed by atoms with Crippen LogP contribution in [0.3, 0.4) is 0 Å². The van der Waals surface area contributed by atoms with E-state index in [0.29, 0.717) is 24.8 Å². The molecule has 26 heavy (non-hydrogen) atoms. The monoisotopic (exact) mass is 433 g/mol. The molecule has 2 aromatic heterocycles. The summed E-state index contributed by atoms with van der Waals surface area (Å²) in [4.78, 5) is 30.9. The molecule has 2 heterocycles. The summed E-state index contributed by atoms with van der Waals surface area (Å²) in [5.41, 5.74) is 7.13. The average Bonchev–Trinajstić information content (AvgIpc) is 2.93. The fourth-order valence-corrected chi connectivity index (χ4v) is 4.43. The first kappa shape index (κ1) is 18.8. The van der Waals surface area contributed by atoms with Crippen LogP contribution in [0.1, 0.15) is 30.5 Å². The number of nitrogens with zero attached hydrogens (tertiary/aromatic N) is 2. The van der Waals surface area contributed by atoms with E-state index in [2.05, 4.69) is 15.9 Å². The van der Waals surface area contributed by atoms with Crippen LogP contribution in [0.4, 0.5) is 0 Å². The minimum Gasteiger partial charge on any atom is -0.370 e. The van der Waals surface area contributed by atoms with Crippen molar-refractivity contribution in [2.75, 3.05) is 0 Å². The highest BCUT2D eigenvalue weighted by Crippen LogP contribution is 2.36. The van der Waals surface area contributed by atoms with Crippen molar-refractivity contribution in [2.45, 2.75) is 39.7 Å². The molecule has 0 bridgehead atoms. The number of carbonyl (C=O) groups is 1. The van der Waals surface area contributed by atoms with Gasteiger partial charge in [-0.05, 0) is 31.0 Å². The van der Waals surface area contributed by atoms with Crippen LogP contribution in [-0.2, 0) is 17.8 Å². The zero-order valence-corrected chi connectivity index (χ0v) is 17.1. The van der Waals surface area contributed by atoms with Crippen molar-refractivity contribution in [2.24, 2.45) is 5.73 Å². The number of fused-ring (bicyclic) bond motifs is 1. The van der Waals surface area contributed by atoms with Gasteiger partial charge in [-0.25, -0.2) is 4.98 Å². The lowest BCUT2D eigenvalue weighted by molar-refractivity contribution is -0.118. The molecule has 3 aromatic rings. The fourth-order valence-electron chi connectivity index (χ4n) is 3.11. The lowest BCUT2D eigenvalue weighted by atomic mass is 10.0. The normalized spacial score (nSPS) is 11.2. The van der Waals surface area contributed by atoms with Gasteiger partial charge in [-0.1, -0.05) is 35.0 Å². The first-order valence-corrected chi connectivity index (χ1v) is 10.1. The van der Waals surface area contributed by atoms with Crippen molar-refractivity contribution in [3.05, 3.63) is 49.8 Å². The molecule has 7 heteroatoms. The number of halogens is 1. The standard InChI is InChI=1S/C19H20BrN3O2S/c1-3-15-22-18-17(19(25)23(15)10-4-5-14(21)24)16(11(2)26-18)12-6-8-13(20)9-7-12/h6-9H,3-5,10H2,1-2H3,(H2,21,24). The van der Waals surface area contributed by atoms with Gasteiger partial charge in [-0.2, -0.15) is 0 Å². The van der Waals surface area contributed by atoms with Gasteiger partial charge in [-0.3, -0.25) is 14.2 Å². The third-order valence-electron chi connectivity index (χ3n) is 4.32. The molecule has 0 fully saturated rings. The Morgan fingerprint density at radius 3 is 2.62 bits per heavy atom. The van der Waals surface area contributed by atoms with Crippen LogP contribution in [0.25, 0.3) is 21.3 Å². The molecule has 0 saturated heterocycles. The molecule has 136 valence electrons. The maximum Gasteiger partial charge on any atom is 0.262 e. The molecule has 0 atom stereocenters. The summed E-state index contributed by atoms with van der Waals surface area (Å²) in [6.45, 7) is 4.45. The van der Waals surface area contributed by atoms with E-state index in [1.165, 1.54) is 0 Å². The van der Waals surface area contributed by atoms with Crippen LogP contribution < -0.4 is 11.3 Å². The van der Waals surface area contributed by atoms with Crippen molar-refractivity contribution >= 4 is 43.4 Å². The number of aromatic nitrogens is 2. The summed E-state index contributed by atoms with van der Waals surface area (Å²) in [5, 5.41) is 0.658. The molecule has 0 aliphatic heterocycles. The third-order valence-corrected chi connectivity index (χ3v) is 5.85. The van der Waals surface area contributed by atoms with E-state index in [0.717, 1.165) is 31.1 Å². The Balaban J connectivity index is 2.18. The maximum absolute atomic E-state index is 13.3. The minimum atomic E-state index is -0.355. The summed E-state index contributed by atoms with van der Waals surface area (Å²) in [7, 11) is 0. The minimum absolute atomic E-state index is 0.0430. The summed E-state index contributed by atoms with van der Waals surface area (Å²) >= 11 is 5.00. The Kier molecular flexibility index (Phi) is 5.58. The zero-order valence-electron chi connectivity index (χ0n) is 14.7. The molecule has 3 rings (SSSR count). The molecule has 0 radical (unpaired) electrons. The Hall–Kier alpha value is -1.99. The van der Waals surface area contributed by atoms with Crippen LogP contribution in [0.15, 0.2) is 33.5 Å². The molecular formula is C19H20BrN3O2S. The molecular weight excluding hydrogens is 414 g/mol. The molecule has 1 aromatic carbocycles. The number of thiophene rings is 1. The molecule has 1 amide bonds. The number of aryl methyl sites for hydroxylation is 2. The van der Waals surface area contributed by atoms with E-state index in [1.54, 1.807) is 15.9 Å². The van der Waals surface area contributed by atoms with Gasteiger partial charge in [0.05, 0.1) is 5.39 Å². The number of hydrogen-bond acceptors (Lipinski definition) is 4. The van der Waals surface area contributed by atoms with E-state index in [9.17, 15) is 9.59 Å². The number of benzene rings is 1. The SMILES string of the molecule is CCc1nc2sc(C)c(-c3ccc(Br)cc3)c2c(=O)n1CCCC(N)=O. The van der Waals surface area contributed by atoms with E-state index in [-0.39, 0.29) is 17.9 Å². The first-order chi connectivity index (χ1) is 12.4. The molecule has 0 unspecified atom stereocenters. The highest BCUT2D eigenvalue weighted by Gasteiger charge is 2.19. The highest BCUT2D eigenvalue weighted by molar-refractivity contribution is 9.10. The topological polar surface area (TPSA) is 78.0 Å². The summed E-state index contributed by atoms with van der Waals surface area (Å²) in [6, 6.07) is 7.95. The van der Waals surface area contributed by atoms with E-state index in [4.69, 9.17) is 10.7 Å². The number of primary amides is 1. The summed E-state index contributed by atoms with van der Waals surface area (Å²) in [5.74, 6) is 0.391. The summed E-state index contributed by atoms with van der Waals surface area (Å²) < 4.78 is 2.69. The van der Waals surface area contributed by atoms with Gasteiger partial charge >= 0.3 is 0 Å². The molecule has 0 spiro atoms. The second kappa shape index (κ2) is 7.72. The van der Waals surface area contributed by atoms with Gasteiger partial charge in [0.2, 0.25) is 5.91 Å². The summed E-state index contributed by atoms with van der Waals surface area (Å²) in [6.07, 6.45) is 1.45. The van der Waals surface area contributed by atoms with Crippen molar-refractivity contribution in [1.82, 2.24) is 9.55 Å². The molecule has 0 aliphatic rings. The van der Waals surface area contributed by atoms with Gasteiger partial charge in [-0.15, -0.1) is 11.3 Å². The van der Waals surface area contributed by atoms with Crippen LogP contribution in [0, 0.1) is 6.92 Å². The number of carbonyl (C=O) groups excluding carboxylic acids is 1. The van der Waals surface area contributed by atoms with Crippen LogP contribution in [0.5, 0.6) is 0 Å². The average molecular weight is 434 g/mol. The van der Waals surface area contributed by atoms with Gasteiger partial charge in [0.15, 0.2) is 0 Å². The second-order valence-electron chi connectivity index (χ2n) is 6.13. The van der Waals surface area contributed by atoms with Crippen LogP contribution in [-0.4, -0.2) is 15.5 Å². The van der Waals surface area contributed by atoms with Gasteiger partial charge in [0.25, 0.3) is 5.56 Å². The van der Waals surface area contributed by atoms with Crippen molar-refractivity contribution in [3.8, 4) is 11.1 Å². The quantitative estimate of drug-likeness (QED) is 0.637. The lowest BCUT2D eigenvalue weighted by Crippen LogP contribution is -2.25. The molecule has 2 N–H and O–H groups in total. The lowest BCUT2D eigenvalue weighted by Gasteiger charge is -2.11. The largest absolute Gasteiger partial charge is 0.370 e. The highest BCUT2D eigenvalue weighted by atomic mass is 79.9. The van der Waals surface area contributed by atoms with E-state index < -0.39 is 0 Å². The van der Waals surface area contributed by atoms with Crippen LogP contribution >= 0.6 is 27.3 Å². The fraction of sp³-hybridized carbons (Fsp3) is 0.316. The van der Waals surface area contributed by atoms with E-state index in [1.807, 2.05) is 38.1 Å². The third kappa shape index (κ3) is 3.59. The Morgan fingerprint density at radius 2 is 2.00 bits per heavy atom. The molecule has 0 saturated carbocycles. The Bertz CT molecular complexity index is 1020. The van der Waals surface area contributed by atoms with Crippen LogP contribution in [0.2, 0.25) is 0 Å². The number of nitrogens with two attached hydrogens (primary N) is 1. The Morgan fingerprint density at radius 1 is 1.31 bits per heavy atom. The Labute approximate surface area is 164 Å². The second-order valence-corrected chi connectivity index (χ2v) is 8.25. The zero-order chi connectivity index (χ0) is 18.8. The number of amides is 1. The van der Waals surface area contributed by atoms with Gasteiger partial charge in [0, 0.05) is 34.3 Å².